The molecule has 0 unspecified atom stereocenters. The zero-order chi connectivity index (χ0) is 20.6. The summed E-state index contributed by atoms with van der Waals surface area (Å²) in [6, 6.07) is 16.4. The quantitative estimate of drug-likeness (QED) is 0.724. The van der Waals surface area contributed by atoms with Crippen molar-refractivity contribution < 1.29 is 9.53 Å². The zero-order valence-electron chi connectivity index (χ0n) is 16.8. The predicted octanol–water partition coefficient (Wildman–Crippen LogP) is 2.88. The number of hydrogen-bond donors (Lipinski definition) is 1. The smallest absolute Gasteiger partial charge is 0.182 e. The molecule has 1 aromatic heterocycles. The maximum absolute atomic E-state index is 11.6. The fourth-order valence-electron chi connectivity index (χ4n) is 4.26. The number of nitrogens with zero attached hydrogens (tertiary/aromatic N) is 4. The van der Waals surface area contributed by atoms with E-state index in [1.54, 1.807) is 4.68 Å². The molecule has 0 saturated carbocycles. The van der Waals surface area contributed by atoms with E-state index in [1.807, 2.05) is 30.3 Å². The van der Waals surface area contributed by atoms with Crippen LogP contribution in [0.5, 0.6) is 5.75 Å². The first kappa shape index (κ1) is 18.7. The van der Waals surface area contributed by atoms with Gasteiger partial charge in [0.05, 0.1) is 0 Å². The topological polar surface area (TPSA) is 81.9 Å². The second-order valence-electron chi connectivity index (χ2n) is 7.91. The van der Waals surface area contributed by atoms with Crippen molar-refractivity contribution in [2.24, 2.45) is 0 Å². The number of fused-ring (bicyclic) bond motifs is 1. The molecule has 1 fully saturated rings. The number of tetrazole rings is 1. The van der Waals surface area contributed by atoms with E-state index in [1.165, 1.54) is 6.92 Å². The van der Waals surface area contributed by atoms with E-state index in [0.717, 1.165) is 53.9 Å². The second-order valence-corrected chi connectivity index (χ2v) is 7.91. The standard InChI is InChI=1S/C23H23N5O2/c1-16(29)15-28-22(25-26-27-28)18-6-4-5-17(13-18)20-14-23(9-11-24-12-10-23)30-21-8-3-2-7-19(20)21/h2-8,13-14,24H,9-12,15H2,1H3. The van der Waals surface area contributed by atoms with Crippen LogP contribution in [0.25, 0.3) is 17.0 Å². The van der Waals surface area contributed by atoms with Gasteiger partial charge in [0.15, 0.2) is 11.6 Å². The van der Waals surface area contributed by atoms with E-state index in [-0.39, 0.29) is 17.9 Å². The van der Waals surface area contributed by atoms with Gasteiger partial charge in [-0.15, -0.1) is 5.10 Å². The molecule has 7 nitrogen and oxygen atoms in total. The number of aromatic nitrogens is 4. The van der Waals surface area contributed by atoms with Crippen LogP contribution in [0.3, 0.4) is 0 Å². The molecule has 0 radical (unpaired) electrons. The first-order valence-electron chi connectivity index (χ1n) is 10.2. The summed E-state index contributed by atoms with van der Waals surface area (Å²) in [7, 11) is 0. The van der Waals surface area contributed by atoms with Crippen molar-refractivity contribution in [2.45, 2.75) is 31.9 Å². The Bertz CT molecular complexity index is 1130. The highest BCUT2D eigenvalue weighted by Gasteiger charge is 2.37. The minimum atomic E-state index is -0.291. The van der Waals surface area contributed by atoms with Crippen LogP contribution in [0, 0.1) is 0 Å². The predicted molar refractivity (Wildman–Crippen MR) is 113 cm³/mol. The normalized spacial score (nSPS) is 17.2. The number of carbonyl (C=O) groups is 1. The summed E-state index contributed by atoms with van der Waals surface area (Å²) in [5.41, 5.74) is 3.91. The number of piperidine rings is 1. The van der Waals surface area contributed by atoms with Crippen molar-refractivity contribution in [2.75, 3.05) is 13.1 Å². The van der Waals surface area contributed by atoms with Gasteiger partial charge in [-0.05, 0) is 59.8 Å². The van der Waals surface area contributed by atoms with Gasteiger partial charge in [-0.2, -0.15) is 0 Å². The summed E-state index contributed by atoms with van der Waals surface area (Å²) in [4.78, 5) is 11.6. The van der Waals surface area contributed by atoms with E-state index in [2.05, 4.69) is 45.1 Å². The van der Waals surface area contributed by atoms with Crippen LogP contribution in [-0.4, -0.2) is 44.7 Å². The maximum atomic E-state index is 11.6. The third-order valence-electron chi connectivity index (χ3n) is 5.68. The first-order chi connectivity index (χ1) is 14.6. The Morgan fingerprint density at radius 1 is 1.13 bits per heavy atom. The Hall–Kier alpha value is -3.32. The largest absolute Gasteiger partial charge is 0.482 e. The number of nitrogens with one attached hydrogen (secondary N) is 1. The fraction of sp³-hybridized carbons (Fsp3) is 0.304. The molecule has 1 spiro atoms. The number of carbonyl (C=O) groups excluding carboxylic acids is 1. The summed E-state index contributed by atoms with van der Waals surface area (Å²) < 4.78 is 8.03. The third kappa shape index (κ3) is 3.41. The Balaban J connectivity index is 1.60. The first-order valence-corrected chi connectivity index (χ1v) is 10.2. The Morgan fingerprint density at radius 2 is 1.93 bits per heavy atom. The average Bonchev–Trinajstić information content (AvgIpc) is 3.21. The molecule has 3 heterocycles. The van der Waals surface area contributed by atoms with Gasteiger partial charge >= 0.3 is 0 Å². The van der Waals surface area contributed by atoms with Crippen LogP contribution in [0.1, 0.15) is 30.9 Å². The monoisotopic (exact) mass is 401 g/mol. The lowest BCUT2D eigenvalue weighted by molar-refractivity contribution is -0.117. The van der Waals surface area contributed by atoms with Crippen molar-refractivity contribution in [3.8, 4) is 17.1 Å². The zero-order valence-corrected chi connectivity index (χ0v) is 16.8. The molecule has 1 N–H and O–H groups in total. The Morgan fingerprint density at radius 3 is 2.77 bits per heavy atom. The molecule has 30 heavy (non-hydrogen) atoms. The lowest BCUT2D eigenvalue weighted by atomic mass is 9.83. The Labute approximate surface area is 174 Å². The molecule has 0 bridgehead atoms. The van der Waals surface area contributed by atoms with Gasteiger partial charge in [-0.1, -0.05) is 36.4 Å². The van der Waals surface area contributed by atoms with Gasteiger partial charge in [0, 0.05) is 24.0 Å². The lowest BCUT2D eigenvalue weighted by Gasteiger charge is -2.40. The number of hydrogen-bond acceptors (Lipinski definition) is 6. The van der Waals surface area contributed by atoms with Crippen LogP contribution >= 0.6 is 0 Å². The van der Waals surface area contributed by atoms with Gasteiger partial charge in [0.1, 0.15) is 17.9 Å². The number of ether oxygens (including phenoxy) is 1. The van der Waals surface area contributed by atoms with Gasteiger partial charge in [-0.3, -0.25) is 4.79 Å². The van der Waals surface area contributed by atoms with E-state index in [0.29, 0.717) is 5.82 Å². The lowest BCUT2D eigenvalue weighted by Crippen LogP contribution is -2.46. The average molecular weight is 401 g/mol. The molecule has 7 heteroatoms. The van der Waals surface area contributed by atoms with Crippen LogP contribution in [0.15, 0.2) is 54.6 Å². The molecule has 0 amide bonds. The van der Waals surface area contributed by atoms with Gasteiger partial charge in [-0.25, -0.2) is 4.68 Å². The summed E-state index contributed by atoms with van der Waals surface area (Å²) in [6.45, 7) is 3.56. The summed E-state index contributed by atoms with van der Waals surface area (Å²) in [6.07, 6.45) is 4.15. The highest BCUT2D eigenvalue weighted by Crippen LogP contribution is 2.42. The van der Waals surface area contributed by atoms with Crippen LogP contribution in [-0.2, 0) is 11.3 Å². The molecule has 2 aliphatic rings. The minimum Gasteiger partial charge on any atom is -0.482 e. The van der Waals surface area contributed by atoms with E-state index in [4.69, 9.17) is 4.74 Å². The molecule has 5 rings (SSSR count). The van der Waals surface area contributed by atoms with E-state index in [9.17, 15) is 4.79 Å². The molecular weight excluding hydrogens is 378 g/mol. The molecular formula is C23H23N5O2. The van der Waals surface area contributed by atoms with Crippen molar-refractivity contribution in [1.82, 2.24) is 25.5 Å². The summed E-state index contributed by atoms with van der Waals surface area (Å²) >= 11 is 0. The van der Waals surface area contributed by atoms with Crippen molar-refractivity contribution >= 4 is 11.4 Å². The number of benzene rings is 2. The molecule has 0 aliphatic carbocycles. The molecule has 1 saturated heterocycles. The Kier molecular flexibility index (Phi) is 4.67. The van der Waals surface area contributed by atoms with Crippen molar-refractivity contribution in [3.63, 3.8) is 0 Å². The molecule has 2 aromatic carbocycles. The molecule has 2 aliphatic heterocycles. The highest BCUT2D eigenvalue weighted by molar-refractivity contribution is 5.86. The van der Waals surface area contributed by atoms with Crippen molar-refractivity contribution in [3.05, 3.63) is 65.7 Å². The van der Waals surface area contributed by atoms with Crippen molar-refractivity contribution in [1.29, 1.82) is 0 Å². The van der Waals surface area contributed by atoms with Crippen LogP contribution in [0.2, 0.25) is 0 Å². The molecule has 152 valence electrons. The maximum Gasteiger partial charge on any atom is 0.182 e. The summed E-state index contributed by atoms with van der Waals surface area (Å²) in [5, 5.41) is 15.3. The number of Topliss-reactive ketones (excluding diaryl/α,β-unsaturated/α-hetero) is 1. The van der Waals surface area contributed by atoms with Gasteiger partial charge in [0.25, 0.3) is 0 Å². The van der Waals surface area contributed by atoms with E-state index >= 15 is 0 Å². The summed E-state index contributed by atoms with van der Waals surface area (Å²) in [5.74, 6) is 1.52. The second kappa shape index (κ2) is 7.50. The fourth-order valence-corrected chi connectivity index (χ4v) is 4.26. The third-order valence-corrected chi connectivity index (χ3v) is 5.68. The number of ketones is 1. The van der Waals surface area contributed by atoms with Gasteiger partial charge in [0.2, 0.25) is 0 Å². The highest BCUT2D eigenvalue weighted by atomic mass is 16.5. The number of para-hydroxylation sites is 1. The minimum absolute atomic E-state index is 0.00798. The van der Waals surface area contributed by atoms with E-state index < -0.39 is 0 Å². The van der Waals surface area contributed by atoms with Gasteiger partial charge < -0.3 is 10.1 Å². The van der Waals surface area contributed by atoms with Crippen LogP contribution in [0.4, 0.5) is 0 Å². The SMILES string of the molecule is CC(=O)Cn1nnnc1-c1cccc(C2=CC3(CCNCC3)Oc3ccccc32)c1. The van der Waals surface area contributed by atoms with Crippen LogP contribution < -0.4 is 10.1 Å². The number of rotatable bonds is 4. The molecule has 0 atom stereocenters. The molecule has 3 aromatic rings.